The number of carbonyl (C=O) groups excluding carboxylic acids is 1. The van der Waals surface area contributed by atoms with Gasteiger partial charge in [-0.2, -0.15) is 0 Å². The van der Waals surface area contributed by atoms with Gasteiger partial charge in [0.25, 0.3) is 0 Å². The molecule has 0 bridgehead atoms. The van der Waals surface area contributed by atoms with Gasteiger partial charge in [-0.3, -0.25) is 4.79 Å². The van der Waals surface area contributed by atoms with Gasteiger partial charge in [0.1, 0.15) is 16.5 Å². The van der Waals surface area contributed by atoms with E-state index < -0.39 is 0 Å². The van der Waals surface area contributed by atoms with Gasteiger partial charge in [-0.25, -0.2) is 9.97 Å². The van der Waals surface area contributed by atoms with Crippen LogP contribution in [-0.4, -0.2) is 35.0 Å². The maximum absolute atomic E-state index is 12.6. The number of piperidine rings is 1. The minimum atomic E-state index is 0.254. The summed E-state index contributed by atoms with van der Waals surface area (Å²) in [5.41, 5.74) is 1.50. The summed E-state index contributed by atoms with van der Waals surface area (Å²) >= 11 is 1.87. The molecule has 1 saturated heterocycles. The van der Waals surface area contributed by atoms with Crippen LogP contribution in [0.4, 0.5) is 5.82 Å². The number of amides is 1. The Bertz CT molecular complexity index is 878. The minimum Gasteiger partial charge on any atom is -0.356 e. The summed E-state index contributed by atoms with van der Waals surface area (Å²) in [6.07, 6.45) is 11.5. The largest absolute Gasteiger partial charge is 0.356 e. The molecule has 2 fully saturated rings. The quantitative estimate of drug-likeness (QED) is 0.844. The van der Waals surface area contributed by atoms with E-state index in [4.69, 9.17) is 9.97 Å². The van der Waals surface area contributed by atoms with Gasteiger partial charge in [0.2, 0.25) is 5.91 Å². The van der Waals surface area contributed by atoms with E-state index in [-0.39, 0.29) is 5.92 Å². The molecule has 2 aromatic heterocycles. The predicted molar refractivity (Wildman–Crippen MR) is 114 cm³/mol. The summed E-state index contributed by atoms with van der Waals surface area (Å²) < 4.78 is 0. The minimum absolute atomic E-state index is 0.254. The number of nitrogens with one attached hydrogen (secondary N) is 1. The van der Waals surface area contributed by atoms with Crippen molar-refractivity contribution in [3.05, 3.63) is 16.3 Å². The maximum Gasteiger partial charge on any atom is 0.223 e. The van der Waals surface area contributed by atoms with Crippen LogP contribution >= 0.6 is 11.3 Å². The Labute approximate surface area is 170 Å². The van der Waals surface area contributed by atoms with Crippen molar-refractivity contribution in [3.63, 3.8) is 0 Å². The van der Waals surface area contributed by atoms with Crippen LogP contribution in [0.2, 0.25) is 0 Å². The van der Waals surface area contributed by atoms with Crippen molar-refractivity contribution in [2.75, 3.05) is 18.0 Å². The van der Waals surface area contributed by atoms with Gasteiger partial charge in [-0.05, 0) is 57.4 Å². The van der Waals surface area contributed by atoms with Gasteiger partial charge < -0.3 is 10.2 Å². The molecule has 3 aliphatic rings. The topological polar surface area (TPSA) is 58.1 Å². The fourth-order valence-corrected chi connectivity index (χ4v) is 6.53. The highest BCUT2D eigenvalue weighted by molar-refractivity contribution is 7.19. The number of hydrogen-bond donors (Lipinski definition) is 1. The van der Waals surface area contributed by atoms with Crippen molar-refractivity contribution in [2.24, 2.45) is 5.92 Å². The summed E-state index contributed by atoms with van der Waals surface area (Å²) in [6, 6.07) is 0.317. The van der Waals surface area contributed by atoms with Gasteiger partial charge in [-0.15, -0.1) is 11.3 Å². The molecule has 1 saturated carbocycles. The molecule has 0 spiro atoms. The van der Waals surface area contributed by atoms with Crippen LogP contribution in [-0.2, 0) is 17.6 Å². The predicted octanol–water partition coefficient (Wildman–Crippen LogP) is 4.15. The van der Waals surface area contributed by atoms with E-state index in [1.54, 1.807) is 0 Å². The zero-order valence-corrected chi connectivity index (χ0v) is 17.6. The van der Waals surface area contributed by atoms with Crippen molar-refractivity contribution >= 4 is 33.3 Å². The summed E-state index contributed by atoms with van der Waals surface area (Å²) in [5, 5.41) is 4.66. The fraction of sp³-hybridized carbons (Fsp3) is 0.682. The first kappa shape index (κ1) is 18.3. The smallest absolute Gasteiger partial charge is 0.223 e. The Balaban J connectivity index is 1.29. The molecule has 2 aromatic rings. The number of hydrogen-bond acceptors (Lipinski definition) is 5. The molecule has 2 aliphatic carbocycles. The van der Waals surface area contributed by atoms with Gasteiger partial charge in [0, 0.05) is 29.9 Å². The standard InChI is InChI=1S/C22H30N4OS/c1-14-23-20(19-17-8-5-9-18(17)28-22(19)24-14)26-12-10-16(11-13-26)25-21(27)15-6-3-2-4-7-15/h15-16H,2-13H2,1H3,(H,25,27). The lowest BCUT2D eigenvalue weighted by molar-refractivity contribution is -0.126. The van der Waals surface area contributed by atoms with Crippen LogP contribution in [0, 0.1) is 12.8 Å². The van der Waals surface area contributed by atoms with E-state index in [1.807, 2.05) is 18.3 Å². The third kappa shape index (κ3) is 3.40. The second-order valence-corrected chi connectivity index (χ2v) is 9.82. The zero-order valence-electron chi connectivity index (χ0n) is 16.8. The highest BCUT2D eigenvalue weighted by atomic mass is 32.1. The molecule has 1 aliphatic heterocycles. The maximum atomic E-state index is 12.6. The second kappa shape index (κ2) is 7.62. The highest BCUT2D eigenvalue weighted by Gasteiger charge is 2.29. The van der Waals surface area contributed by atoms with Crippen LogP contribution in [0.3, 0.4) is 0 Å². The van der Waals surface area contributed by atoms with Gasteiger partial charge in [0.05, 0.1) is 5.39 Å². The first-order chi connectivity index (χ1) is 13.7. The van der Waals surface area contributed by atoms with Crippen molar-refractivity contribution in [1.29, 1.82) is 0 Å². The highest BCUT2D eigenvalue weighted by Crippen LogP contribution is 2.41. The van der Waals surface area contributed by atoms with Crippen LogP contribution in [0.5, 0.6) is 0 Å². The number of rotatable bonds is 3. The molecule has 28 heavy (non-hydrogen) atoms. The fourth-order valence-electron chi connectivity index (χ4n) is 5.23. The molecule has 5 nitrogen and oxygen atoms in total. The normalized spacial score (nSPS) is 21.2. The number of carbonyl (C=O) groups is 1. The summed E-state index contributed by atoms with van der Waals surface area (Å²) in [4.78, 5) is 27.3. The van der Waals surface area contributed by atoms with Crippen LogP contribution in [0.1, 0.15) is 67.6 Å². The Morgan fingerprint density at radius 3 is 2.61 bits per heavy atom. The number of aryl methyl sites for hydroxylation is 3. The molecule has 0 unspecified atom stereocenters. The Hall–Kier alpha value is -1.69. The molecular weight excluding hydrogens is 368 g/mol. The molecule has 3 heterocycles. The van der Waals surface area contributed by atoms with Gasteiger partial charge >= 0.3 is 0 Å². The van der Waals surface area contributed by atoms with Gasteiger partial charge in [-0.1, -0.05) is 19.3 Å². The molecule has 0 atom stereocenters. The average Bonchev–Trinajstić information content (AvgIpc) is 3.29. The summed E-state index contributed by atoms with van der Waals surface area (Å²) in [6.45, 7) is 3.93. The molecule has 1 amide bonds. The SMILES string of the molecule is Cc1nc(N2CCC(NC(=O)C3CCCCC3)CC2)c2c3c(sc2n1)CCC3. The molecule has 0 radical (unpaired) electrons. The second-order valence-electron chi connectivity index (χ2n) is 8.74. The first-order valence-corrected chi connectivity index (χ1v) is 11.8. The van der Waals surface area contributed by atoms with Crippen molar-refractivity contribution < 1.29 is 4.79 Å². The van der Waals surface area contributed by atoms with E-state index >= 15 is 0 Å². The average molecular weight is 399 g/mol. The Kier molecular flexibility index (Phi) is 4.99. The zero-order chi connectivity index (χ0) is 19.1. The van der Waals surface area contributed by atoms with Crippen molar-refractivity contribution in [2.45, 2.75) is 77.2 Å². The lowest BCUT2D eigenvalue weighted by Crippen LogP contribution is -2.46. The van der Waals surface area contributed by atoms with E-state index in [0.29, 0.717) is 11.9 Å². The van der Waals surface area contributed by atoms with E-state index in [9.17, 15) is 4.79 Å². The molecule has 150 valence electrons. The first-order valence-electron chi connectivity index (χ1n) is 11.0. The van der Waals surface area contributed by atoms with E-state index in [1.165, 1.54) is 59.2 Å². The van der Waals surface area contributed by atoms with Gasteiger partial charge in [0.15, 0.2) is 0 Å². The third-order valence-electron chi connectivity index (χ3n) is 6.77. The number of fused-ring (bicyclic) bond motifs is 3. The monoisotopic (exact) mass is 398 g/mol. The lowest BCUT2D eigenvalue weighted by atomic mass is 9.88. The number of anilines is 1. The summed E-state index contributed by atoms with van der Waals surface area (Å²) in [7, 11) is 0. The van der Waals surface area contributed by atoms with Crippen LogP contribution < -0.4 is 10.2 Å². The number of aromatic nitrogens is 2. The molecular formula is C22H30N4OS. The number of thiophene rings is 1. The molecule has 1 N–H and O–H groups in total. The Morgan fingerprint density at radius 2 is 1.82 bits per heavy atom. The van der Waals surface area contributed by atoms with Crippen molar-refractivity contribution in [3.8, 4) is 0 Å². The lowest BCUT2D eigenvalue weighted by Gasteiger charge is -2.34. The number of nitrogens with zero attached hydrogens (tertiary/aromatic N) is 3. The molecule has 0 aromatic carbocycles. The molecule has 5 rings (SSSR count). The Morgan fingerprint density at radius 1 is 1.04 bits per heavy atom. The van der Waals surface area contributed by atoms with E-state index in [0.717, 1.165) is 50.4 Å². The van der Waals surface area contributed by atoms with Crippen molar-refractivity contribution in [1.82, 2.24) is 15.3 Å². The van der Waals surface area contributed by atoms with E-state index in [2.05, 4.69) is 10.2 Å². The summed E-state index contributed by atoms with van der Waals surface area (Å²) in [5.74, 6) is 2.56. The molecule has 6 heteroatoms. The van der Waals surface area contributed by atoms with Crippen LogP contribution in [0.25, 0.3) is 10.2 Å². The van der Waals surface area contributed by atoms with Crippen LogP contribution in [0.15, 0.2) is 0 Å². The third-order valence-corrected chi connectivity index (χ3v) is 7.96.